The highest BCUT2D eigenvalue weighted by molar-refractivity contribution is 7.18. The van der Waals surface area contributed by atoms with Gasteiger partial charge in [0.05, 0.1) is 18.3 Å². The zero-order valence-corrected chi connectivity index (χ0v) is 13.0. The van der Waals surface area contributed by atoms with Crippen molar-refractivity contribution in [1.82, 2.24) is 9.55 Å². The molecule has 0 radical (unpaired) electrons. The molecule has 2 heterocycles. The predicted octanol–water partition coefficient (Wildman–Crippen LogP) is 2.46. The molecule has 0 saturated carbocycles. The zero-order chi connectivity index (χ0) is 15.0. The number of carbonyl (C=O) groups excluding carboxylic acids is 1. The number of rotatable bonds is 4. The number of esters is 1. The summed E-state index contributed by atoms with van der Waals surface area (Å²) in [6.07, 6.45) is 5.30. The van der Waals surface area contributed by atoms with Crippen molar-refractivity contribution in [3.05, 3.63) is 27.1 Å². The van der Waals surface area contributed by atoms with Crippen molar-refractivity contribution in [1.29, 1.82) is 0 Å². The summed E-state index contributed by atoms with van der Waals surface area (Å²) in [5.41, 5.74) is 1.01. The third kappa shape index (κ3) is 2.37. The van der Waals surface area contributed by atoms with Crippen LogP contribution >= 0.6 is 11.3 Å². The van der Waals surface area contributed by atoms with Gasteiger partial charge in [-0.25, -0.2) is 9.78 Å². The molecule has 6 heteroatoms. The number of thiophene rings is 1. The molecule has 0 amide bonds. The molecule has 0 fully saturated rings. The Hall–Kier alpha value is -1.69. The molecule has 0 N–H and O–H groups in total. The van der Waals surface area contributed by atoms with Crippen LogP contribution in [-0.4, -0.2) is 22.1 Å². The fourth-order valence-corrected chi connectivity index (χ4v) is 3.93. The topological polar surface area (TPSA) is 61.2 Å². The van der Waals surface area contributed by atoms with Crippen molar-refractivity contribution in [3.63, 3.8) is 0 Å². The first-order valence-electron chi connectivity index (χ1n) is 7.31. The van der Waals surface area contributed by atoms with Crippen molar-refractivity contribution < 1.29 is 9.53 Å². The molecule has 2 aromatic rings. The highest BCUT2D eigenvalue weighted by Crippen LogP contribution is 2.34. The van der Waals surface area contributed by atoms with Gasteiger partial charge in [-0.1, -0.05) is 6.92 Å². The number of fused-ring (bicyclic) bond motifs is 3. The standard InChI is InChI=1S/C15H18N2O3S/c1-3-7-20-15(19)9(2)17-8-16-13-12(14(17)18)10-5-4-6-11(10)21-13/h8-9H,3-7H2,1-2H3/t9-/m1/s1. The number of ether oxygens (including phenoxy) is 1. The highest BCUT2D eigenvalue weighted by Gasteiger charge is 2.24. The van der Waals surface area contributed by atoms with Crippen molar-refractivity contribution >= 4 is 27.5 Å². The van der Waals surface area contributed by atoms with Crippen molar-refractivity contribution in [3.8, 4) is 0 Å². The molecule has 1 aliphatic carbocycles. The lowest BCUT2D eigenvalue weighted by molar-refractivity contribution is -0.147. The molecule has 0 unspecified atom stereocenters. The summed E-state index contributed by atoms with van der Waals surface area (Å²) in [4.78, 5) is 31.1. The Morgan fingerprint density at radius 3 is 3.10 bits per heavy atom. The molecule has 112 valence electrons. The van der Waals surface area contributed by atoms with Crippen LogP contribution in [0.5, 0.6) is 0 Å². The summed E-state index contributed by atoms with van der Waals surface area (Å²) in [5, 5.41) is 0.699. The van der Waals surface area contributed by atoms with Crippen LogP contribution in [0.15, 0.2) is 11.1 Å². The second kappa shape index (κ2) is 5.60. The second-order valence-corrected chi connectivity index (χ2v) is 6.42. The Labute approximate surface area is 126 Å². The monoisotopic (exact) mass is 306 g/mol. The van der Waals surface area contributed by atoms with Gasteiger partial charge in [0.15, 0.2) is 0 Å². The molecule has 0 aliphatic heterocycles. The summed E-state index contributed by atoms with van der Waals surface area (Å²) >= 11 is 1.60. The number of hydrogen-bond donors (Lipinski definition) is 0. The van der Waals surface area contributed by atoms with E-state index in [1.54, 1.807) is 18.3 Å². The van der Waals surface area contributed by atoms with Crippen LogP contribution in [0.1, 0.15) is 43.2 Å². The van der Waals surface area contributed by atoms with E-state index in [1.807, 2.05) is 6.92 Å². The fourth-order valence-electron chi connectivity index (χ4n) is 2.71. The molecule has 0 saturated heterocycles. The number of aryl methyl sites for hydroxylation is 2. The molecule has 5 nitrogen and oxygen atoms in total. The van der Waals surface area contributed by atoms with Gasteiger partial charge in [0, 0.05) is 4.88 Å². The molecule has 0 bridgehead atoms. The summed E-state index contributed by atoms with van der Waals surface area (Å²) in [5.74, 6) is -0.382. The smallest absolute Gasteiger partial charge is 0.328 e. The Morgan fingerprint density at radius 2 is 2.33 bits per heavy atom. The van der Waals surface area contributed by atoms with Crippen LogP contribution in [0.3, 0.4) is 0 Å². The van der Waals surface area contributed by atoms with Gasteiger partial charge in [-0.05, 0) is 38.2 Å². The van der Waals surface area contributed by atoms with Crippen molar-refractivity contribution in [2.75, 3.05) is 6.61 Å². The molecule has 1 aliphatic rings. The van der Waals surface area contributed by atoms with Gasteiger partial charge in [-0.15, -0.1) is 11.3 Å². The van der Waals surface area contributed by atoms with E-state index in [4.69, 9.17) is 4.74 Å². The lowest BCUT2D eigenvalue weighted by Crippen LogP contribution is -2.29. The van der Waals surface area contributed by atoms with E-state index in [1.165, 1.54) is 15.8 Å². The Bertz CT molecular complexity index is 747. The predicted molar refractivity (Wildman–Crippen MR) is 81.9 cm³/mol. The zero-order valence-electron chi connectivity index (χ0n) is 12.2. The Morgan fingerprint density at radius 1 is 1.52 bits per heavy atom. The number of nitrogens with zero attached hydrogens (tertiary/aromatic N) is 2. The first kappa shape index (κ1) is 14.3. The van der Waals surface area contributed by atoms with Crippen LogP contribution in [0, 0.1) is 0 Å². The van der Waals surface area contributed by atoms with Gasteiger partial charge < -0.3 is 4.74 Å². The minimum absolute atomic E-state index is 0.125. The summed E-state index contributed by atoms with van der Waals surface area (Å²) in [6, 6.07) is -0.641. The van der Waals surface area contributed by atoms with Gasteiger partial charge in [0.1, 0.15) is 10.9 Å². The van der Waals surface area contributed by atoms with Crippen LogP contribution in [0.4, 0.5) is 0 Å². The molecule has 3 rings (SSSR count). The van der Waals surface area contributed by atoms with Crippen LogP contribution in [0.25, 0.3) is 10.2 Å². The molecule has 1 atom stereocenters. The lowest BCUT2D eigenvalue weighted by atomic mass is 10.2. The summed E-state index contributed by atoms with van der Waals surface area (Å²) in [6.45, 7) is 3.99. The van der Waals surface area contributed by atoms with E-state index in [0.717, 1.165) is 36.1 Å². The highest BCUT2D eigenvalue weighted by atomic mass is 32.1. The van der Waals surface area contributed by atoms with Gasteiger partial charge in [0.2, 0.25) is 0 Å². The van der Waals surface area contributed by atoms with E-state index in [0.29, 0.717) is 12.0 Å². The maximum Gasteiger partial charge on any atom is 0.328 e. The van der Waals surface area contributed by atoms with E-state index in [2.05, 4.69) is 4.98 Å². The maximum absolute atomic E-state index is 12.7. The summed E-state index contributed by atoms with van der Waals surface area (Å²) < 4.78 is 6.52. The third-order valence-electron chi connectivity index (χ3n) is 3.86. The Kier molecular flexibility index (Phi) is 3.80. The molecule has 2 aromatic heterocycles. The summed E-state index contributed by atoms with van der Waals surface area (Å²) in [7, 11) is 0. The molecular formula is C15H18N2O3S. The SMILES string of the molecule is CCCOC(=O)[C@@H](C)n1cnc2sc3c(c2c1=O)CCC3. The van der Waals surface area contributed by atoms with Gasteiger partial charge >= 0.3 is 5.97 Å². The minimum Gasteiger partial charge on any atom is -0.464 e. The molecule has 21 heavy (non-hydrogen) atoms. The molecular weight excluding hydrogens is 288 g/mol. The van der Waals surface area contributed by atoms with Crippen molar-refractivity contribution in [2.24, 2.45) is 0 Å². The average Bonchev–Trinajstić information content (AvgIpc) is 3.04. The third-order valence-corrected chi connectivity index (χ3v) is 5.06. The number of hydrogen-bond acceptors (Lipinski definition) is 5. The van der Waals surface area contributed by atoms with E-state index < -0.39 is 6.04 Å². The van der Waals surface area contributed by atoms with E-state index >= 15 is 0 Å². The van der Waals surface area contributed by atoms with Gasteiger partial charge in [-0.2, -0.15) is 0 Å². The van der Waals surface area contributed by atoms with Crippen LogP contribution in [-0.2, 0) is 22.4 Å². The van der Waals surface area contributed by atoms with Crippen LogP contribution in [0.2, 0.25) is 0 Å². The van der Waals surface area contributed by atoms with E-state index in [9.17, 15) is 9.59 Å². The quantitative estimate of drug-likeness (QED) is 0.814. The number of aromatic nitrogens is 2. The lowest BCUT2D eigenvalue weighted by Gasteiger charge is -2.13. The van der Waals surface area contributed by atoms with Gasteiger partial charge in [-0.3, -0.25) is 9.36 Å². The van der Waals surface area contributed by atoms with Crippen molar-refractivity contribution in [2.45, 2.75) is 45.6 Å². The first-order chi connectivity index (χ1) is 10.1. The first-order valence-corrected chi connectivity index (χ1v) is 8.13. The Balaban J connectivity index is 2.02. The second-order valence-electron chi connectivity index (χ2n) is 5.34. The van der Waals surface area contributed by atoms with E-state index in [-0.39, 0.29) is 11.5 Å². The van der Waals surface area contributed by atoms with Crippen LogP contribution < -0.4 is 5.56 Å². The maximum atomic E-state index is 12.7. The fraction of sp³-hybridized carbons (Fsp3) is 0.533. The molecule has 0 spiro atoms. The number of carbonyl (C=O) groups is 1. The normalized spacial score (nSPS) is 15.1. The largest absolute Gasteiger partial charge is 0.464 e. The minimum atomic E-state index is -0.641. The molecule has 0 aromatic carbocycles. The van der Waals surface area contributed by atoms with Gasteiger partial charge in [0.25, 0.3) is 5.56 Å². The average molecular weight is 306 g/mol.